The monoisotopic (exact) mass is 206 g/mol. The number of carbonyl (C=O) groups is 1. The van der Waals surface area contributed by atoms with Gasteiger partial charge in [-0.3, -0.25) is 0 Å². The molecule has 0 aromatic heterocycles. The second-order valence-corrected chi connectivity index (χ2v) is 3.19. The average Bonchev–Trinajstić information content (AvgIpc) is 2.21. The molecule has 0 saturated carbocycles. The maximum atomic E-state index is 10.9. The number of nitrogen functional groups attached to an aromatic ring is 2. The number of hydrogen-bond acceptors (Lipinski definition) is 4. The van der Waals surface area contributed by atoms with E-state index in [-0.39, 0.29) is 0 Å². The topological polar surface area (TPSA) is 78.3 Å². The van der Waals surface area contributed by atoms with E-state index in [0.717, 1.165) is 11.1 Å². The summed E-state index contributed by atoms with van der Waals surface area (Å²) in [5.74, 6) is -0.398. The largest absolute Gasteiger partial charge is 0.466 e. The van der Waals surface area contributed by atoms with Crippen molar-refractivity contribution in [2.45, 2.75) is 6.92 Å². The number of rotatable bonds is 2. The summed E-state index contributed by atoms with van der Waals surface area (Å²) in [4.78, 5) is 10.9. The molecule has 0 radical (unpaired) electrons. The Balaban J connectivity index is 3.00. The molecular weight excluding hydrogens is 192 g/mol. The van der Waals surface area contributed by atoms with Crippen molar-refractivity contribution in [1.82, 2.24) is 0 Å². The van der Waals surface area contributed by atoms with E-state index < -0.39 is 5.97 Å². The summed E-state index contributed by atoms with van der Waals surface area (Å²) < 4.78 is 4.48. The van der Waals surface area contributed by atoms with Crippen LogP contribution in [0.15, 0.2) is 18.2 Å². The SMILES string of the molecule is COC(=O)C=Cc1cc(N)c(N)cc1C. The van der Waals surface area contributed by atoms with Gasteiger partial charge in [0.2, 0.25) is 0 Å². The zero-order chi connectivity index (χ0) is 11.4. The first-order chi connectivity index (χ1) is 7.04. The molecule has 0 spiro atoms. The van der Waals surface area contributed by atoms with Crippen LogP contribution < -0.4 is 11.5 Å². The second kappa shape index (κ2) is 4.50. The van der Waals surface area contributed by atoms with Gasteiger partial charge in [-0.05, 0) is 36.3 Å². The van der Waals surface area contributed by atoms with Crippen LogP contribution in [0.5, 0.6) is 0 Å². The van der Waals surface area contributed by atoms with E-state index in [1.54, 1.807) is 18.2 Å². The third-order valence-electron chi connectivity index (χ3n) is 2.07. The molecule has 1 aromatic carbocycles. The number of aryl methyl sites for hydroxylation is 1. The first-order valence-corrected chi connectivity index (χ1v) is 4.46. The number of esters is 1. The summed E-state index contributed by atoms with van der Waals surface area (Å²) >= 11 is 0. The Morgan fingerprint density at radius 3 is 2.53 bits per heavy atom. The fraction of sp³-hybridized carbons (Fsp3) is 0.182. The first kappa shape index (κ1) is 11.1. The van der Waals surface area contributed by atoms with Gasteiger partial charge in [0.15, 0.2) is 0 Å². The number of carbonyl (C=O) groups excluding carboxylic acids is 1. The van der Waals surface area contributed by atoms with E-state index in [4.69, 9.17) is 11.5 Å². The van der Waals surface area contributed by atoms with Crippen LogP contribution in [0.3, 0.4) is 0 Å². The fourth-order valence-corrected chi connectivity index (χ4v) is 1.17. The molecule has 80 valence electrons. The number of methoxy groups -OCH3 is 1. The summed E-state index contributed by atoms with van der Waals surface area (Å²) in [7, 11) is 1.33. The quantitative estimate of drug-likeness (QED) is 0.435. The predicted molar refractivity (Wildman–Crippen MR) is 61.1 cm³/mol. The molecule has 0 aliphatic rings. The highest BCUT2D eigenvalue weighted by atomic mass is 16.5. The Hall–Kier alpha value is -1.97. The minimum atomic E-state index is -0.398. The van der Waals surface area contributed by atoms with Crippen LogP contribution >= 0.6 is 0 Å². The fourth-order valence-electron chi connectivity index (χ4n) is 1.17. The van der Waals surface area contributed by atoms with Gasteiger partial charge in [0.25, 0.3) is 0 Å². The number of benzene rings is 1. The van der Waals surface area contributed by atoms with Crippen molar-refractivity contribution in [2.75, 3.05) is 18.6 Å². The summed E-state index contributed by atoms with van der Waals surface area (Å²) in [6.07, 6.45) is 2.99. The molecule has 0 fully saturated rings. The highest BCUT2D eigenvalue weighted by Crippen LogP contribution is 2.21. The van der Waals surface area contributed by atoms with Gasteiger partial charge < -0.3 is 16.2 Å². The van der Waals surface area contributed by atoms with E-state index in [0.29, 0.717) is 11.4 Å². The predicted octanol–water partition coefficient (Wildman–Crippen LogP) is 1.35. The van der Waals surface area contributed by atoms with Gasteiger partial charge in [-0.1, -0.05) is 0 Å². The molecule has 0 saturated heterocycles. The lowest BCUT2D eigenvalue weighted by Crippen LogP contribution is -1.97. The molecule has 0 aliphatic carbocycles. The third kappa shape index (κ3) is 2.74. The summed E-state index contributed by atoms with van der Waals surface area (Å²) in [6, 6.07) is 3.50. The number of ether oxygens (including phenoxy) is 1. The summed E-state index contributed by atoms with van der Waals surface area (Å²) in [6.45, 7) is 1.90. The van der Waals surface area contributed by atoms with Gasteiger partial charge in [0, 0.05) is 6.08 Å². The van der Waals surface area contributed by atoms with Gasteiger partial charge in [0.05, 0.1) is 18.5 Å². The van der Waals surface area contributed by atoms with Crippen LogP contribution in [0.2, 0.25) is 0 Å². The molecule has 0 aliphatic heterocycles. The minimum absolute atomic E-state index is 0.398. The summed E-state index contributed by atoms with van der Waals surface area (Å²) in [5, 5.41) is 0. The molecule has 0 atom stereocenters. The van der Waals surface area contributed by atoms with E-state index in [2.05, 4.69) is 4.74 Å². The number of hydrogen-bond donors (Lipinski definition) is 2. The zero-order valence-electron chi connectivity index (χ0n) is 8.78. The molecule has 1 rings (SSSR count). The van der Waals surface area contributed by atoms with Crippen LogP contribution in [-0.2, 0) is 9.53 Å². The summed E-state index contributed by atoms with van der Waals surface area (Å²) in [5.41, 5.74) is 14.1. The Morgan fingerprint density at radius 2 is 1.93 bits per heavy atom. The number of nitrogens with two attached hydrogens (primary N) is 2. The molecule has 0 heterocycles. The van der Waals surface area contributed by atoms with E-state index in [1.807, 2.05) is 6.92 Å². The lowest BCUT2D eigenvalue weighted by molar-refractivity contribution is -0.134. The molecule has 0 bridgehead atoms. The molecule has 15 heavy (non-hydrogen) atoms. The first-order valence-electron chi connectivity index (χ1n) is 4.46. The Labute approximate surface area is 88.5 Å². The highest BCUT2D eigenvalue weighted by molar-refractivity contribution is 5.87. The Bertz CT molecular complexity index is 411. The van der Waals surface area contributed by atoms with Gasteiger partial charge in [-0.2, -0.15) is 0 Å². The lowest BCUT2D eigenvalue weighted by Gasteiger charge is -2.05. The number of anilines is 2. The Morgan fingerprint density at radius 1 is 1.33 bits per heavy atom. The van der Waals surface area contributed by atoms with Crippen molar-refractivity contribution in [2.24, 2.45) is 0 Å². The highest BCUT2D eigenvalue weighted by Gasteiger charge is 2.00. The van der Waals surface area contributed by atoms with Crippen molar-refractivity contribution in [3.05, 3.63) is 29.3 Å². The molecule has 4 N–H and O–H groups in total. The zero-order valence-corrected chi connectivity index (χ0v) is 8.78. The molecule has 0 amide bonds. The van der Waals surface area contributed by atoms with E-state index in [1.165, 1.54) is 13.2 Å². The van der Waals surface area contributed by atoms with Crippen LogP contribution in [0, 0.1) is 6.92 Å². The average molecular weight is 206 g/mol. The van der Waals surface area contributed by atoms with Crippen molar-refractivity contribution >= 4 is 23.4 Å². The molecule has 4 nitrogen and oxygen atoms in total. The molecule has 1 aromatic rings. The van der Waals surface area contributed by atoms with Gasteiger partial charge >= 0.3 is 5.97 Å². The van der Waals surface area contributed by atoms with Crippen molar-refractivity contribution < 1.29 is 9.53 Å². The Kier molecular flexibility index (Phi) is 3.33. The van der Waals surface area contributed by atoms with E-state index >= 15 is 0 Å². The standard InChI is InChI=1S/C11H14N2O2/c1-7-5-9(12)10(13)6-8(7)3-4-11(14)15-2/h3-6H,12-13H2,1-2H3. The third-order valence-corrected chi connectivity index (χ3v) is 2.07. The normalized spacial score (nSPS) is 10.5. The second-order valence-electron chi connectivity index (χ2n) is 3.19. The van der Waals surface area contributed by atoms with Crippen molar-refractivity contribution in [3.8, 4) is 0 Å². The van der Waals surface area contributed by atoms with Crippen LogP contribution in [-0.4, -0.2) is 13.1 Å². The van der Waals surface area contributed by atoms with Crippen molar-refractivity contribution in [1.29, 1.82) is 0 Å². The maximum absolute atomic E-state index is 10.9. The van der Waals surface area contributed by atoms with Crippen molar-refractivity contribution in [3.63, 3.8) is 0 Å². The van der Waals surface area contributed by atoms with Gasteiger partial charge in [-0.15, -0.1) is 0 Å². The maximum Gasteiger partial charge on any atom is 0.330 e. The minimum Gasteiger partial charge on any atom is -0.466 e. The van der Waals surface area contributed by atoms with Gasteiger partial charge in [0.1, 0.15) is 0 Å². The molecule has 4 heteroatoms. The molecule has 0 unspecified atom stereocenters. The van der Waals surface area contributed by atoms with E-state index in [9.17, 15) is 4.79 Å². The van der Waals surface area contributed by atoms with Crippen LogP contribution in [0.1, 0.15) is 11.1 Å². The van der Waals surface area contributed by atoms with Crippen LogP contribution in [0.25, 0.3) is 6.08 Å². The smallest absolute Gasteiger partial charge is 0.330 e. The molecular formula is C11H14N2O2. The van der Waals surface area contributed by atoms with Crippen LogP contribution in [0.4, 0.5) is 11.4 Å². The van der Waals surface area contributed by atoms with Gasteiger partial charge in [-0.25, -0.2) is 4.79 Å². The lowest BCUT2D eigenvalue weighted by atomic mass is 10.1.